The monoisotopic (exact) mass is 228 g/mol. The van der Waals surface area contributed by atoms with Crippen LogP contribution in [-0.4, -0.2) is 6.61 Å². The van der Waals surface area contributed by atoms with E-state index in [4.69, 9.17) is 11.2 Å². The standard InChI is InChI=1S/C14H12OS/c1-3-11-9-13(15-4-2)5-6-14(11)12-7-8-16-10-12/h1,5-10H,4H2,2H3. The van der Waals surface area contributed by atoms with Crippen molar-refractivity contribution in [1.29, 1.82) is 0 Å². The largest absolute Gasteiger partial charge is 0.494 e. The number of thiophene rings is 1. The van der Waals surface area contributed by atoms with Gasteiger partial charge >= 0.3 is 0 Å². The molecule has 0 saturated carbocycles. The summed E-state index contributed by atoms with van der Waals surface area (Å²) in [6, 6.07) is 7.96. The minimum Gasteiger partial charge on any atom is -0.494 e. The van der Waals surface area contributed by atoms with Gasteiger partial charge in [-0.15, -0.1) is 6.42 Å². The zero-order valence-corrected chi connectivity index (χ0v) is 9.88. The minimum atomic E-state index is 0.655. The molecule has 0 N–H and O–H groups in total. The Bertz CT molecular complexity index is 506. The third-order valence-corrected chi connectivity index (χ3v) is 2.97. The summed E-state index contributed by atoms with van der Waals surface area (Å²) in [6.07, 6.45) is 5.52. The first kappa shape index (κ1) is 10.8. The molecule has 1 aromatic heterocycles. The average Bonchev–Trinajstić information content (AvgIpc) is 2.83. The molecule has 2 heteroatoms. The molecule has 0 aliphatic rings. The molecule has 0 amide bonds. The van der Waals surface area contributed by atoms with E-state index < -0.39 is 0 Å². The van der Waals surface area contributed by atoms with Crippen molar-refractivity contribution in [2.45, 2.75) is 6.92 Å². The van der Waals surface area contributed by atoms with Crippen molar-refractivity contribution in [1.82, 2.24) is 0 Å². The number of rotatable bonds is 3. The number of hydrogen-bond acceptors (Lipinski definition) is 2. The molecule has 0 saturated heterocycles. The quantitative estimate of drug-likeness (QED) is 0.726. The van der Waals surface area contributed by atoms with Crippen molar-refractivity contribution in [3.63, 3.8) is 0 Å². The molecule has 0 spiro atoms. The molecule has 2 rings (SSSR count). The van der Waals surface area contributed by atoms with Gasteiger partial charge in [0.15, 0.2) is 0 Å². The fraction of sp³-hybridized carbons (Fsp3) is 0.143. The third kappa shape index (κ3) is 2.10. The maximum atomic E-state index is 5.52. The summed E-state index contributed by atoms with van der Waals surface area (Å²) < 4.78 is 5.43. The van der Waals surface area contributed by atoms with Gasteiger partial charge in [-0.1, -0.05) is 5.92 Å². The molecule has 1 nitrogen and oxygen atoms in total. The second kappa shape index (κ2) is 4.87. The summed E-state index contributed by atoms with van der Waals surface area (Å²) in [4.78, 5) is 0. The van der Waals surface area contributed by atoms with Gasteiger partial charge in [0.2, 0.25) is 0 Å². The van der Waals surface area contributed by atoms with E-state index in [0.717, 1.165) is 16.9 Å². The van der Waals surface area contributed by atoms with Crippen LogP contribution < -0.4 is 4.74 Å². The summed E-state index contributed by atoms with van der Waals surface area (Å²) in [6.45, 7) is 2.62. The van der Waals surface area contributed by atoms with Crippen LogP contribution in [0.4, 0.5) is 0 Å². The Labute approximate surface area is 99.7 Å². The van der Waals surface area contributed by atoms with Crippen LogP contribution in [0.1, 0.15) is 12.5 Å². The molecular weight excluding hydrogens is 216 g/mol. The van der Waals surface area contributed by atoms with E-state index in [1.807, 2.05) is 30.5 Å². The fourth-order valence-electron chi connectivity index (χ4n) is 1.57. The van der Waals surface area contributed by atoms with Crippen LogP contribution in [0.3, 0.4) is 0 Å². The first-order valence-electron chi connectivity index (χ1n) is 5.11. The zero-order valence-electron chi connectivity index (χ0n) is 9.07. The molecule has 0 aliphatic carbocycles. The topological polar surface area (TPSA) is 9.23 Å². The predicted octanol–water partition coefficient (Wildman–Crippen LogP) is 3.80. The van der Waals surface area contributed by atoms with Crippen molar-refractivity contribution in [3.8, 4) is 29.2 Å². The molecule has 0 fully saturated rings. The van der Waals surface area contributed by atoms with Gasteiger partial charge in [0.25, 0.3) is 0 Å². The maximum Gasteiger partial charge on any atom is 0.120 e. The highest BCUT2D eigenvalue weighted by Crippen LogP contribution is 2.28. The molecule has 0 unspecified atom stereocenters. The normalized spacial score (nSPS) is 9.75. The van der Waals surface area contributed by atoms with Gasteiger partial charge in [-0.05, 0) is 53.1 Å². The summed E-state index contributed by atoms with van der Waals surface area (Å²) >= 11 is 1.67. The Morgan fingerprint density at radius 1 is 1.38 bits per heavy atom. The van der Waals surface area contributed by atoms with Gasteiger partial charge < -0.3 is 4.74 Å². The van der Waals surface area contributed by atoms with Crippen LogP contribution in [0.25, 0.3) is 11.1 Å². The highest BCUT2D eigenvalue weighted by atomic mass is 32.1. The Kier molecular flexibility index (Phi) is 3.28. The van der Waals surface area contributed by atoms with Crippen molar-refractivity contribution < 1.29 is 4.74 Å². The minimum absolute atomic E-state index is 0.655. The molecule has 1 heterocycles. The van der Waals surface area contributed by atoms with Gasteiger partial charge in [0.05, 0.1) is 6.61 Å². The predicted molar refractivity (Wildman–Crippen MR) is 68.9 cm³/mol. The second-order valence-electron chi connectivity index (χ2n) is 3.30. The van der Waals surface area contributed by atoms with E-state index in [1.54, 1.807) is 11.3 Å². The van der Waals surface area contributed by atoms with Gasteiger partial charge in [-0.3, -0.25) is 0 Å². The molecule has 2 aromatic rings. The summed E-state index contributed by atoms with van der Waals surface area (Å²) in [7, 11) is 0. The lowest BCUT2D eigenvalue weighted by Gasteiger charge is -2.07. The Hall–Kier alpha value is -1.72. The highest BCUT2D eigenvalue weighted by Gasteiger charge is 2.05. The summed E-state index contributed by atoms with van der Waals surface area (Å²) in [5, 5.41) is 4.14. The third-order valence-electron chi connectivity index (χ3n) is 2.29. The van der Waals surface area contributed by atoms with Crippen LogP contribution in [-0.2, 0) is 0 Å². The molecule has 0 atom stereocenters. The number of ether oxygens (including phenoxy) is 1. The molecule has 0 radical (unpaired) electrons. The molecule has 16 heavy (non-hydrogen) atoms. The Morgan fingerprint density at radius 2 is 2.25 bits per heavy atom. The van der Waals surface area contributed by atoms with Crippen LogP contribution in [0.5, 0.6) is 5.75 Å². The zero-order chi connectivity index (χ0) is 11.4. The van der Waals surface area contributed by atoms with Crippen molar-refractivity contribution in [2.24, 2.45) is 0 Å². The first-order chi connectivity index (χ1) is 7.85. The lowest BCUT2D eigenvalue weighted by molar-refractivity contribution is 0.340. The number of terminal acetylenes is 1. The van der Waals surface area contributed by atoms with Gasteiger partial charge in [-0.2, -0.15) is 11.3 Å². The number of benzene rings is 1. The molecule has 0 aliphatic heterocycles. The number of hydrogen-bond donors (Lipinski definition) is 0. The SMILES string of the molecule is C#Cc1cc(OCC)ccc1-c1ccsc1. The molecular formula is C14H12OS. The highest BCUT2D eigenvalue weighted by molar-refractivity contribution is 7.08. The summed E-state index contributed by atoms with van der Waals surface area (Å²) in [5.41, 5.74) is 3.14. The molecule has 0 bridgehead atoms. The first-order valence-corrected chi connectivity index (χ1v) is 6.05. The van der Waals surface area contributed by atoms with E-state index in [0.29, 0.717) is 6.61 Å². The Balaban J connectivity index is 2.44. The molecule has 1 aromatic carbocycles. The summed E-state index contributed by atoms with van der Waals surface area (Å²) in [5.74, 6) is 3.54. The smallest absolute Gasteiger partial charge is 0.120 e. The van der Waals surface area contributed by atoms with Crippen LogP contribution in [0.15, 0.2) is 35.0 Å². The van der Waals surface area contributed by atoms with Gasteiger partial charge in [0, 0.05) is 5.56 Å². The van der Waals surface area contributed by atoms with Crippen LogP contribution >= 0.6 is 11.3 Å². The van der Waals surface area contributed by atoms with Gasteiger partial charge in [-0.25, -0.2) is 0 Å². The average molecular weight is 228 g/mol. The lowest BCUT2D eigenvalue weighted by atomic mass is 10.0. The van der Waals surface area contributed by atoms with Crippen LogP contribution in [0, 0.1) is 12.3 Å². The Morgan fingerprint density at radius 3 is 2.88 bits per heavy atom. The maximum absolute atomic E-state index is 5.52. The van der Waals surface area contributed by atoms with Gasteiger partial charge in [0.1, 0.15) is 5.75 Å². The van der Waals surface area contributed by atoms with E-state index in [9.17, 15) is 0 Å². The van der Waals surface area contributed by atoms with Crippen LogP contribution in [0.2, 0.25) is 0 Å². The second-order valence-corrected chi connectivity index (χ2v) is 4.08. The van der Waals surface area contributed by atoms with E-state index in [-0.39, 0.29) is 0 Å². The molecule has 80 valence electrons. The van der Waals surface area contributed by atoms with Crippen molar-refractivity contribution in [2.75, 3.05) is 6.61 Å². The van der Waals surface area contributed by atoms with E-state index in [2.05, 4.69) is 17.4 Å². The lowest BCUT2D eigenvalue weighted by Crippen LogP contribution is -1.92. The fourth-order valence-corrected chi connectivity index (χ4v) is 2.22. The van der Waals surface area contributed by atoms with E-state index in [1.165, 1.54) is 5.56 Å². The van der Waals surface area contributed by atoms with Crippen molar-refractivity contribution >= 4 is 11.3 Å². The van der Waals surface area contributed by atoms with E-state index >= 15 is 0 Å². The van der Waals surface area contributed by atoms with Crippen molar-refractivity contribution in [3.05, 3.63) is 40.6 Å².